The third kappa shape index (κ3) is 1.25. The first kappa shape index (κ1) is 10.3. The van der Waals surface area contributed by atoms with E-state index < -0.39 is 0 Å². The van der Waals surface area contributed by atoms with Gasteiger partial charge in [-0.05, 0) is 0 Å². The topological polar surface area (TPSA) is 30.5 Å². The first-order chi connectivity index (χ1) is 5.24. The fourth-order valence-corrected chi connectivity index (χ4v) is 2.19. The summed E-state index contributed by atoms with van der Waals surface area (Å²) in [7, 11) is 3.45. The maximum atomic E-state index is 5.30. The molecule has 12 heavy (non-hydrogen) atoms. The zero-order valence-corrected chi connectivity index (χ0v) is 8.37. The molecule has 0 aromatic rings. The van der Waals surface area contributed by atoms with Gasteiger partial charge in [-0.25, -0.2) is 0 Å². The van der Waals surface area contributed by atoms with Crippen molar-refractivity contribution in [3.05, 3.63) is 0 Å². The van der Waals surface area contributed by atoms with Gasteiger partial charge in [-0.2, -0.15) is 0 Å². The Bertz CT molecular complexity index is 156. The van der Waals surface area contributed by atoms with Gasteiger partial charge in [0.1, 0.15) is 0 Å². The molecule has 0 aromatic heterocycles. The summed E-state index contributed by atoms with van der Waals surface area (Å²) in [6, 6.07) is 0. The minimum absolute atomic E-state index is 0. The molecule has 0 unspecified atom stereocenters. The molecular formula is C8H16ClNO2. The van der Waals surface area contributed by atoms with Crippen LogP contribution in [0.25, 0.3) is 0 Å². The molecule has 72 valence electrons. The van der Waals surface area contributed by atoms with Crippen molar-refractivity contribution in [2.45, 2.75) is 18.6 Å². The van der Waals surface area contributed by atoms with Gasteiger partial charge >= 0.3 is 0 Å². The number of methoxy groups -OCH3 is 2. The van der Waals surface area contributed by atoms with Crippen molar-refractivity contribution in [3.63, 3.8) is 0 Å². The van der Waals surface area contributed by atoms with E-state index in [-0.39, 0.29) is 18.2 Å². The van der Waals surface area contributed by atoms with Crippen LogP contribution in [0.3, 0.4) is 0 Å². The van der Waals surface area contributed by atoms with Crippen molar-refractivity contribution in [2.75, 3.05) is 27.3 Å². The molecule has 2 aliphatic rings. The molecule has 0 bridgehead atoms. The van der Waals surface area contributed by atoms with Crippen LogP contribution in [-0.4, -0.2) is 33.1 Å². The lowest BCUT2D eigenvalue weighted by Gasteiger charge is -2.59. The maximum Gasteiger partial charge on any atom is 0.168 e. The van der Waals surface area contributed by atoms with Crippen molar-refractivity contribution in [1.82, 2.24) is 5.32 Å². The summed E-state index contributed by atoms with van der Waals surface area (Å²) < 4.78 is 10.6. The summed E-state index contributed by atoms with van der Waals surface area (Å²) >= 11 is 0. The van der Waals surface area contributed by atoms with Crippen molar-refractivity contribution in [1.29, 1.82) is 0 Å². The van der Waals surface area contributed by atoms with Crippen LogP contribution in [0.15, 0.2) is 0 Å². The standard InChI is InChI=1S/C8H15NO2.ClH/c1-10-8(11-2)3-7(4-8)5-9-6-7;/h9H,3-6H2,1-2H3;1H. The summed E-state index contributed by atoms with van der Waals surface area (Å²) in [5.74, 6) is -0.248. The quantitative estimate of drug-likeness (QED) is 0.658. The second-order valence-corrected chi connectivity index (χ2v) is 3.78. The zero-order valence-electron chi connectivity index (χ0n) is 7.55. The summed E-state index contributed by atoms with van der Waals surface area (Å²) in [5.41, 5.74) is 0.520. The van der Waals surface area contributed by atoms with Crippen LogP contribution < -0.4 is 5.32 Å². The fourth-order valence-electron chi connectivity index (χ4n) is 2.19. The van der Waals surface area contributed by atoms with Gasteiger partial charge in [0.15, 0.2) is 5.79 Å². The van der Waals surface area contributed by atoms with Crippen LogP contribution in [-0.2, 0) is 9.47 Å². The molecule has 1 heterocycles. The van der Waals surface area contributed by atoms with Crippen molar-refractivity contribution < 1.29 is 9.47 Å². The van der Waals surface area contributed by atoms with Gasteiger partial charge < -0.3 is 14.8 Å². The minimum atomic E-state index is -0.248. The van der Waals surface area contributed by atoms with Gasteiger partial charge in [0, 0.05) is 45.6 Å². The SMILES string of the molecule is COC1(OC)CC2(CNC2)C1.Cl. The second kappa shape index (κ2) is 3.14. The normalized spacial score (nSPS) is 28.5. The van der Waals surface area contributed by atoms with E-state index in [0.29, 0.717) is 5.41 Å². The van der Waals surface area contributed by atoms with Gasteiger partial charge in [-0.1, -0.05) is 0 Å². The number of rotatable bonds is 2. The highest BCUT2D eigenvalue weighted by Crippen LogP contribution is 2.52. The average molecular weight is 194 g/mol. The lowest BCUT2D eigenvalue weighted by atomic mass is 9.60. The summed E-state index contributed by atoms with van der Waals surface area (Å²) in [6.45, 7) is 2.28. The predicted octanol–water partition coefficient (Wildman–Crippen LogP) is 0.781. The molecule has 1 saturated carbocycles. The molecule has 1 N–H and O–H groups in total. The average Bonchev–Trinajstić information content (AvgIpc) is 1.85. The molecule has 1 spiro atoms. The Hall–Kier alpha value is 0.170. The first-order valence-electron chi connectivity index (χ1n) is 4.05. The maximum absolute atomic E-state index is 5.30. The van der Waals surface area contributed by atoms with E-state index in [0.717, 1.165) is 25.9 Å². The van der Waals surface area contributed by atoms with Crippen molar-refractivity contribution in [2.24, 2.45) is 5.41 Å². The van der Waals surface area contributed by atoms with Gasteiger partial charge in [0.2, 0.25) is 0 Å². The third-order valence-electron chi connectivity index (χ3n) is 3.03. The lowest BCUT2D eigenvalue weighted by Crippen LogP contribution is -2.67. The monoisotopic (exact) mass is 193 g/mol. The number of nitrogens with one attached hydrogen (secondary N) is 1. The largest absolute Gasteiger partial charge is 0.353 e. The van der Waals surface area contributed by atoms with E-state index in [1.165, 1.54) is 0 Å². The molecular weight excluding hydrogens is 178 g/mol. The van der Waals surface area contributed by atoms with Gasteiger partial charge in [0.25, 0.3) is 0 Å². The molecule has 0 aromatic carbocycles. The highest BCUT2D eigenvalue weighted by molar-refractivity contribution is 5.85. The predicted molar refractivity (Wildman–Crippen MR) is 48.5 cm³/mol. The van der Waals surface area contributed by atoms with E-state index >= 15 is 0 Å². The molecule has 0 atom stereocenters. The third-order valence-corrected chi connectivity index (χ3v) is 3.03. The number of hydrogen-bond donors (Lipinski definition) is 1. The van der Waals surface area contributed by atoms with Crippen LogP contribution in [0.5, 0.6) is 0 Å². The molecule has 3 nitrogen and oxygen atoms in total. The number of ether oxygens (including phenoxy) is 2. The molecule has 1 aliphatic carbocycles. The van der Waals surface area contributed by atoms with Crippen LogP contribution in [0.1, 0.15) is 12.8 Å². The van der Waals surface area contributed by atoms with Gasteiger partial charge in [-0.3, -0.25) is 0 Å². The second-order valence-electron chi connectivity index (χ2n) is 3.78. The van der Waals surface area contributed by atoms with Crippen LogP contribution in [0.2, 0.25) is 0 Å². The van der Waals surface area contributed by atoms with Crippen LogP contribution in [0, 0.1) is 5.41 Å². The fraction of sp³-hybridized carbons (Fsp3) is 1.00. The zero-order chi connectivity index (χ0) is 7.95. The highest BCUT2D eigenvalue weighted by atomic mass is 35.5. The summed E-state index contributed by atoms with van der Waals surface area (Å²) in [5, 5.41) is 3.28. The highest BCUT2D eigenvalue weighted by Gasteiger charge is 2.58. The molecule has 1 saturated heterocycles. The minimum Gasteiger partial charge on any atom is -0.353 e. The van der Waals surface area contributed by atoms with Crippen molar-refractivity contribution in [3.8, 4) is 0 Å². The Balaban J connectivity index is 0.000000720. The first-order valence-corrected chi connectivity index (χ1v) is 4.05. The summed E-state index contributed by atoms with van der Waals surface area (Å²) in [6.07, 6.45) is 2.11. The Labute approximate surface area is 79.2 Å². The summed E-state index contributed by atoms with van der Waals surface area (Å²) in [4.78, 5) is 0. The van der Waals surface area contributed by atoms with E-state index in [4.69, 9.17) is 9.47 Å². The molecule has 4 heteroatoms. The smallest absolute Gasteiger partial charge is 0.168 e. The van der Waals surface area contributed by atoms with Gasteiger partial charge in [-0.15, -0.1) is 12.4 Å². The lowest BCUT2D eigenvalue weighted by molar-refractivity contribution is -0.304. The number of halogens is 1. The van der Waals surface area contributed by atoms with Crippen LogP contribution in [0.4, 0.5) is 0 Å². The van der Waals surface area contributed by atoms with Crippen LogP contribution >= 0.6 is 12.4 Å². The van der Waals surface area contributed by atoms with E-state index in [1.807, 2.05) is 0 Å². The molecule has 0 radical (unpaired) electrons. The van der Waals surface area contributed by atoms with E-state index in [9.17, 15) is 0 Å². The number of hydrogen-bond acceptors (Lipinski definition) is 3. The molecule has 2 fully saturated rings. The Morgan fingerprint density at radius 2 is 1.58 bits per heavy atom. The Morgan fingerprint density at radius 1 is 1.08 bits per heavy atom. The van der Waals surface area contributed by atoms with E-state index in [2.05, 4.69) is 5.32 Å². The Kier molecular flexibility index (Phi) is 2.69. The van der Waals surface area contributed by atoms with Gasteiger partial charge in [0.05, 0.1) is 0 Å². The van der Waals surface area contributed by atoms with Crippen molar-refractivity contribution >= 4 is 12.4 Å². The molecule has 2 rings (SSSR count). The van der Waals surface area contributed by atoms with E-state index in [1.54, 1.807) is 14.2 Å². The molecule has 1 aliphatic heterocycles. The molecule has 0 amide bonds. The Morgan fingerprint density at radius 3 is 1.83 bits per heavy atom.